The summed E-state index contributed by atoms with van der Waals surface area (Å²) in [6.07, 6.45) is 0. The lowest BCUT2D eigenvalue weighted by molar-refractivity contribution is -0.161. The number of fused-ring (bicyclic) bond motifs is 1. The molecule has 0 saturated carbocycles. The molecule has 0 unspecified atom stereocenters. The van der Waals surface area contributed by atoms with Crippen molar-refractivity contribution < 1.29 is 58.8 Å². The second-order valence-electron chi connectivity index (χ2n) is 11.3. The quantitative estimate of drug-likeness (QED) is 0.0596. The number of nitrogens with zero attached hydrogens (tertiary/aromatic N) is 5. The lowest BCUT2D eigenvalue weighted by atomic mass is 10.1. The lowest BCUT2D eigenvalue weighted by Gasteiger charge is -2.41. The topological polar surface area (TPSA) is 319 Å². The number of rotatable bonds is 10. The number of β-lactam (4-membered cyclic amide) rings is 1. The van der Waals surface area contributed by atoms with Gasteiger partial charge in [0.25, 0.3) is 11.8 Å². The van der Waals surface area contributed by atoms with Crippen molar-refractivity contribution >= 4 is 87.3 Å². The highest BCUT2D eigenvalue weighted by atomic mass is 35.5. The molecule has 5 rings (SSSR count). The number of phenolic OH excluding ortho intramolecular Hbond substituents is 2. The molecule has 1 aromatic carbocycles. The maximum absolute atomic E-state index is 13.4. The van der Waals surface area contributed by atoms with Gasteiger partial charge in [-0.15, -0.1) is 11.3 Å². The molecule has 0 aliphatic carbocycles. The van der Waals surface area contributed by atoms with Gasteiger partial charge in [-0.3, -0.25) is 24.7 Å². The van der Waals surface area contributed by atoms with Crippen LogP contribution in [0.2, 0.25) is 5.02 Å². The fraction of sp³-hybridized carbons (Fsp3) is 0.346. The number of benzene rings is 1. The van der Waals surface area contributed by atoms with Crippen LogP contribution in [-0.2, 0) is 24.0 Å². The van der Waals surface area contributed by atoms with Crippen molar-refractivity contribution in [1.82, 2.24) is 41.4 Å². The van der Waals surface area contributed by atoms with Crippen LogP contribution in [-0.4, -0.2) is 129 Å². The molecule has 3 saturated heterocycles. The zero-order valence-corrected chi connectivity index (χ0v) is 28.5. The van der Waals surface area contributed by atoms with E-state index < -0.39 is 92.4 Å². The van der Waals surface area contributed by atoms with Crippen molar-refractivity contribution in [2.24, 2.45) is 5.16 Å². The molecule has 25 heteroatoms. The summed E-state index contributed by atoms with van der Waals surface area (Å²) in [5.41, 5.74) is 9.04. The molecule has 7 amide bonds. The van der Waals surface area contributed by atoms with Gasteiger partial charge in [0.15, 0.2) is 22.3 Å². The van der Waals surface area contributed by atoms with E-state index in [1.165, 1.54) is 19.2 Å². The third kappa shape index (κ3) is 6.74. The van der Waals surface area contributed by atoms with Crippen LogP contribution in [0.5, 0.6) is 11.5 Å². The number of phenols is 2. The Labute approximate surface area is 298 Å². The minimum absolute atomic E-state index is 0.0488. The Hall–Kier alpha value is -5.75. The van der Waals surface area contributed by atoms with E-state index in [1.807, 2.05) is 10.9 Å². The van der Waals surface area contributed by atoms with Crippen molar-refractivity contribution in [2.75, 3.05) is 25.4 Å². The summed E-state index contributed by atoms with van der Waals surface area (Å²) in [6.45, 7) is 1.44. The molecule has 272 valence electrons. The van der Waals surface area contributed by atoms with E-state index in [0.29, 0.717) is 11.8 Å². The summed E-state index contributed by atoms with van der Waals surface area (Å²) in [5, 5.41) is 45.7. The van der Waals surface area contributed by atoms with Crippen molar-refractivity contribution in [3.05, 3.63) is 33.8 Å². The molecule has 3 aliphatic heterocycles. The van der Waals surface area contributed by atoms with Gasteiger partial charge in [-0.1, -0.05) is 28.5 Å². The van der Waals surface area contributed by atoms with Gasteiger partial charge in [-0.25, -0.2) is 40.0 Å². The van der Waals surface area contributed by atoms with Crippen LogP contribution in [0, 0.1) is 0 Å². The number of carbonyl (C=O) groups is 7. The Bertz CT molecular complexity index is 1890. The van der Waals surface area contributed by atoms with Gasteiger partial charge >= 0.3 is 24.0 Å². The first-order valence-corrected chi connectivity index (χ1v) is 16.4. The first-order valence-electron chi connectivity index (χ1n) is 14.3. The summed E-state index contributed by atoms with van der Waals surface area (Å²) >= 11 is 7.48. The predicted molar refractivity (Wildman–Crippen MR) is 174 cm³/mol. The zero-order valence-electron chi connectivity index (χ0n) is 26.1. The van der Waals surface area contributed by atoms with Crippen molar-refractivity contribution in [3.8, 4) is 11.5 Å². The highest BCUT2D eigenvalue weighted by molar-refractivity contribution is 8.02. The third-order valence-electron chi connectivity index (χ3n) is 7.63. The van der Waals surface area contributed by atoms with E-state index in [0.717, 1.165) is 38.3 Å². The number of oxime groups is 1. The van der Waals surface area contributed by atoms with Crippen LogP contribution in [0.15, 0.2) is 22.7 Å². The number of hydrazine groups is 2. The average molecular weight is 771 g/mol. The Morgan fingerprint density at radius 3 is 2.47 bits per heavy atom. The molecule has 22 nitrogen and oxygen atoms in total. The number of nitrogens with one attached hydrogen (secondary N) is 4. The van der Waals surface area contributed by atoms with E-state index in [-0.39, 0.29) is 29.5 Å². The van der Waals surface area contributed by atoms with Crippen molar-refractivity contribution in [1.29, 1.82) is 0 Å². The van der Waals surface area contributed by atoms with Gasteiger partial charge in [0.05, 0.1) is 23.7 Å². The number of amides is 7. The number of nitrogens with two attached hydrogens (primary N) is 1. The van der Waals surface area contributed by atoms with Gasteiger partial charge < -0.3 is 41.2 Å². The van der Waals surface area contributed by atoms with E-state index in [9.17, 15) is 54.0 Å². The fourth-order valence-electron chi connectivity index (χ4n) is 4.85. The molecule has 3 aliphatic rings. The SMILES string of the molecule is CC(C)(O/N=C(\C(=O)N[C@@H]1C(=O)N2C[C@@](C(=O)O)(N3CCN(NC(=O)NNC(=O)c4ccc(O)c(O)c4Cl)C3=O)S[C@H]12)c1csc(N)n1)C(=O)O. The maximum atomic E-state index is 13.4. The van der Waals surface area contributed by atoms with Crippen LogP contribution >= 0.6 is 34.7 Å². The Morgan fingerprint density at radius 1 is 1.14 bits per heavy atom. The first kappa shape index (κ1) is 36.5. The second kappa shape index (κ2) is 13.5. The standard InChI is InChI=1S/C26H27ClN10O12S2/c1-25(2,20(43)44)49-34-13(10-7-50-22(28)29-10)17(41)30-14-18(42)35-8-26(21(45)46,51-19(14)35)36-5-6-37(24(36)48)33-23(47)32-31-16(40)9-3-4-11(38)15(39)12(9)27/h3-4,7,14,19,38-39H,5-6,8H2,1-2H3,(H2,28,29)(H,30,41)(H,31,40)(H,43,44)(H,45,46)(H2,32,33,47)/b34-13-/t14-,19-,26-/m1/s1. The summed E-state index contributed by atoms with van der Waals surface area (Å²) < 4.78 is 0. The van der Waals surface area contributed by atoms with E-state index in [4.69, 9.17) is 22.2 Å². The molecular weight excluding hydrogens is 744 g/mol. The molecule has 0 bridgehead atoms. The number of thioether (sulfide) groups is 1. The largest absolute Gasteiger partial charge is 0.504 e. The molecule has 3 fully saturated rings. The monoisotopic (exact) mass is 770 g/mol. The highest BCUT2D eigenvalue weighted by Gasteiger charge is 2.66. The molecule has 1 aromatic heterocycles. The van der Waals surface area contributed by atoms with E-state index in [1.54, 1.807) is 0 Å². The molecule has 51 heavy (non-hydrogen) atoms. The molecular formula is C26H27ClN10O12S2. The number of carboxylic acid groups (broad SMARTS) is 2. The zero-order chi connectivity index (χ0) is 37.6. The number of carboxylic acids is 2. The van der Waals surface area contributed by atoms with Gasteiger partial charge in [-0.2, -0.15) is 0 Å². The van der Waals surface area contributed by atoms with Gasteiger partial charge in [0, 0.05) is 11.9 Å². The fourth-order valence-corrected chi connectivity index (χ4v) is 7.28. The molecule has 10 N–H and O–H groups in total. The molecule has 0 spiro atoms. The number of thiazole rings is 1. The molecule has 2 aromatic rings. The van der Waals surface area contributed by atoms with Crippen LogP contribution in [0.3, 0.4) is 0 Å². The second-order valence-corrected chi connectivity index (χ2v) is 14.0. The Balaban J connectivity index is 1.24. The number of urea groups is 2. The minimum atomic E-state index is -2.05. The normalized spacial score (nSPS) is 21.5. The number of hydrogen-bond donors (Lipinski definition) is 9. The average Bonchev–Trinajstić information content (AvgIpc) is 3.77. The van der Waals surface area contributed by atoms with Crippen molar-refractivity contribution in [2.45, 2.75) is 35.7 Å². The molecule has 0 radical (unpaired) electrons. The van der Waals surface area contributed by atoms with Crippen LogP contribution in [0.1, 0.15) is 29.9 Å². The summed E-state index contributed by atoms with van der Waals surface area (Å²) in [4.78, 5) is 97.9. The molecule has 4 heterocycles. The predicted octanol–water partition coefficient (Wildman–Crippen LogP) is -1.15. The summed E-state index contributed by atoms with van der Waals surface area (Å²) in [5.74, 6) is -6.93. The number of nitrogen functional groups attached to an aromatic ring is 1. The highest BCUT2D eigenvalue weighted by Crippen LogP contribution is 2.49. The van der Waals surface area contributed by atoms with Crippen LogP contribution < -0.4 is 27.3 Å². The van der Waals surface area contributed by atoms with Crippen LogP contribution in [0.25, 0.3) is 0 Å². The number of halogens is 1. The maximum Gasteiger partial charge on any atom is 0.352 e. The number of aliphatic carboxylic acids is 2. The Kier molecular flexibility index (Phi) is 9.68. The minimum Gasteiger partial charge on any atom is -0.504 e. The smallest absolute Gasteiger partial charge is 0.352 e. The third-order valence-corrected chi connectivity index (χ3v) is 10.4. The first-order chi connectivity index (χ1) is 23.9. The number of carbonyl (C=O) groups excluding carboxylic acids is 5. The van der Waals surface area contributed by atoms with Gasteiger partial charge in [0.2, 0.25) is 16.4 Å². The van der Waals surface area contributed by atoms with E-state index >= 15 is 0 Å². The lowest BCUT2D eigenvalue weighted by Crippen LogP contribution is -2.68. The summed E-state index contributed by atoms with van der Waals surface area (Å²) in [6, 6.07) is -1.34. The number of aromatic nitrogens is 1. The summed E-state index contributed by atoms with van der Waals surface area (Å²) in [7, 11) is 0. The van der Waals surface area contributed by atoms with Crippen LogP contribution in [0.4, 0.5) is 14.7 Å². The van der Waals surface area contributed by atoms with E-state index in [2.05, 4.69) is 20.9 Å². The number of anilines is 1. The van der Waals surface area contributed by atoms with Crippen molar-refractivity contribution in [3.63, 3.8) is 0 Å². The number of hydrogen-bond acceptors (Lipinski definition) is 15. The Morgan fingerprint density at radius 2 is 1.84 bits per heavy atom. The van der Waals surface area contributed by atoms with Gasteiger partial charge in [-0.05, 0) is 26.0 Å². The number of aromatic hydroxyl groups is 2. The molecule has 3 atom stereocenters. The van der Waals surface area contributed by atoms with Gasteiger partial charge in [0.1, 0.15) is 17.1 Å².